The van der Waals surface area contributed by atoms with Gasteiger partial charge in [0.25, 0.3) is 0 Å². The second kappa shape index (κ2) is 9.23. The minimum absolute atomic E-state index is 0.266. The summed E-state index contributed by atoms with van der Waals surface area (Å²) >= 11 is 9.70. The van der Waals surface area contributed by atoms with Crippen LogP contribution in [0.3, 0.4) is 0 Å². The predicted octanol–water partition coefficient (Wildman–Crippen LogP) is 6.34. The standard InChI is InChI=1S/C24H19ClN2O4S2/c25-22-13-15(19-2-4-21(33-19)24-30-9-10-31-24)12-17(27-22)16-11-14(5-6-26-16)18-1-3-20(32-18)23-28-7-8-29-23/h1-6,11-13,23-24H,7-10H2. The highest BCUT2D eigenvalue weighted by molar-refractivity contribution is 7.15. The summed E-state index contributed by atoms with van der Waals surface area (Å²) in [5, 5.41) is 0.423. The summed E-state index contributed by atoms with van der Waals surface area (Å²) in [5.74, 6) is 0. The van der Waals surface area contributed by atoms with Gasteiger partial charge in [0, 0.05) is 16.0 Å². The van der Waals surface area contributed by atoms with Crippen LogP contribution in [0.2, 0.25) is 5.15 Å². The molecule has 0 saturated carbocycles. The molecule has 4 aromatic rings. The van der Waals surface area contributed by atoms with Crippen LogP contribution in [-0.2, 0) is 18.9 Å². The summed E-state index contributed by atoms with van der Waals surface area (Å²) in [6.45, 7) is 2.51. The third-order valence-corrected chi connectivity index (χ3v) is 7.85. The minimum atomic E-state index is -0.283. The van der Waals surface area contributed by atoms with E-state index in [4.69, 9.17) is 30.5 Å². The zero-order chi connectivity index (χ0) is 22.2. The monoisotopic (exact) mass is 498 g/mol. The van der Waals surface area contributed by atoms with Crippen LogP contribution in [0.4, 0.5) is 0 Å². The first-order chi connectivity index (χ1) is 16.2. The average molecular weight is 499 g/mol. The molecule has 2 saturated heterocycles. The number of ether oxygens (including phenoxy) is 4. The molecule has 0 aromatic carbocycles. The Morgan fingerprint density at radius 3 is 1.91 bits per heavy atom. The van der Waals surface area contributed by atoms with E-state index in [-0.39, 0.29) is 12.6 Å². The van der Waals surface area contributed by atoms with Gasteiger partial charge >= 0.3 is 0 Å². The highest BCUT2D eigenvalue weighted by Crippen LogP contribution is 2.38. The molecule has 0 aliphatic carbocycles. The predicted molar refractivity (Wildman–Crippen MR) is 128 cm³/mol. The first-order valence-corrected chi connectivity index (χ1v) is 12.5. The molecule has 168 valence electrons. The fourth-order valence-electron chi connectivity index (χ4n) is 3.81. The Hall–Kier alpha value is -2.17. The van der Waals surface area contributed by atoms with Gasteiger partial charge in [0.05, 0.1) is 47.6 Å². The van der Waals surface area contributed by atoms with Crippen molar-refractivity contribution < 1.29 is 18.9 Å². The van der Waals surface area contributed by atoms with Crippen molar-refractivity contribution in [2.24, 2.45) is 0 Å². The van der Waals surface area contributed by atoms with E-state index in [1.165, 1.54) is 0 Å². The van der Waals surface area contributed by atoms with Crippen molar-refractivity contribution in [3.8, 4) is 32.3 Å². The van der Waals surface area contributed by atoms with Gasteiger partial charge in [0.2, 0.25) is 0 Å². The van der Waals surface area contributed by atoms with Gasteiger partial charge in [0.15, 0.2) is 12.6 Å². The molecule has 6 rings (SSSR count). The zero-order valence-corrected chi connectivity index (χ0v) is 19.8. The summed E-state index contributed by atoms with van der Waals surface area (Å²) in [6, 6.07) is 16.2. The molecule has 0 amide bonds. The van der Waals surface area contributed by atoms with Crippen LogP contribution in [0.5, 0.6) is 0 Å². The number of halogens is 1. The SMILES string of the molecule is Clc1cc(-c2ccc(C3OCCO3)s2)cc(-c2cc(-c3ccc(C4OCCO4)s3)ccn2)n1. The van der Waals surface area contributed by atoms with Gasteiger partial charge in [-0.05, 0) is 59.7 Å². The van der Waals surface area contributed by atoms with Crippen LogP contribution >= 0.6 is 34.3 Å². The molecule has 9 heteroatoms. The van der Waals surface area contributed by atoms with Crippen LogP contribution in [0.15, 0.2) is 54.7 Å². The second-order valence-electron chi connectivity index (χ2n) is 7.54. The van der Waals surface area contributed by atoms with Gasteiger partial charge in [0.1, 0.15) is 5.15 Å². The average Bonchev–Trinajstić information content (AvgIpc) is 3.65. The molecule has 0 N–H and O–H groups in total. The van der Waals surface area contributed by atoms with E-state index in [1.54, 1.807) is 28.9 Å². The Morgan fingerprint density at radius 1 is 0.697 bits per heavy atom. The minimum Gasteiger partial charge on any atom is -0.345 e. The smallest absolute Gasteiger partial charge is 0.193 e. The number of rotatable bonds is 5. The van der Waals surface area contributed by atoms with Crippen molar-refractivity contribution in [2.75, 3.05) is 26.4 Å². The van der Waals surface area contributed by atoms with Crippen molar-refractivity contribution >= 4 is 34.3 Å². The van der Waals surface area contributed by atoms with E-state index in [0.29, 0.717) is 31.6 Å². The van der Waals surface area contributed by atoms with Gasteiger partial charge in [-0.25, -0.2) is 4.98 Å². The summed E-state index contributed by atoms with van der Waals surface area (Å²) in [5.41, 5.74) is 3.53. The molecule has 0 bridgehead atoms. The molecule has 0 atom stereocenters. The van der Waals surface area contributed by atoms with E-state index in [1.807, 2.05) is 30.3 Å². The van der Waals surface area contributed by atoms with Gasteiger partial charge in [-0.2, -0.15) is 0 Å². The number of aromatic nitrogens is 2. The molecule has 2 aliphatic heterocycles. The van der Waals surface area contributed by atoms with E-state index in [9.17, 15) is 0 Å². The van der Waals surface area contributed by atoms with E-state index in [2.05, 4.69) is 28.2 Å². The van der Waals surface area contributed by atoms with Crippen molar-refractivity contribution in [2.45, 2.75) is 12.6 Å². The first-order valence-electron chi connectivity index (χ1n) is 10.5. The van der Waals surface area contributed by atoms with E-state index >= 15 is 0 Å². The Labute approximate surface area is 203 Å². The Balaban J connectivity index is 1.30. The lowest BCUT2D eigenvalue weighted by atomic mass is 10.1. The maximum absolute atomic E-state index is 6.41. The van der Waals surface area contributed by atoms with Crippen LogP contribution in [0.25, 0.3) is 32.3 Å². The fraction of sp³-hybridized carbons (Fsp3) is 0.250. The lowest BCUT2D eigenvalue weighted by molar-refractivity contribution is -0.0415. The van der Waals surface area contributed by atoms with E-state index in [0.717, 1.165) is 42.0 Å². The summed E-state index contributed by atoms with van der Waals surface area (Å²) in [7, 11) is 0. The molecule has 0 unspecified atom stereocenters. The number of thiophene rings is 2. The summed E-state index contributed by atoms with van der Waals surface area (Å²) in [6.07, 6.45) is 1.25. The second-order valence-corrected chi connectivity index (χ2v) is 10.2. The molecule has 4 aromatic heterocycles. The molecule has 0 radical (unpaired) electrons. The molecule has 6 nitrogen and oxygen atoms in total. The van der Waals surface area contributed by atoms with Gasteiger partial charge in [-0.1, -0.05) is 11.6 Å². The third kappa shape index (κ3) is 4.48. The summed E-state index contributed by atoms with van der Waals surface area (Å²) < 4.78 is 22.5. The zero-order valence-electron chi connectivity index (χ0n) is 17.4. The van der Waals surface area contributed by atoms with Crippen molar-refractivity contribution in [3.05, 3.63) is 69.6 Å². The van der Waals surface area contributed by atoms with Crippen LogP contribution < -0.4 is 0 Å². The lowest BCUT2D eigenvalue weighted by Crippen LogP contribution is -1.93. The molecule has 2 aliphatic rings. The van der Waals surface area contributed by atoms with Crippen molar-refractivity contribution in [1.82, 2.24) is 9.97 Å². The van der Waals surface area contributed by atoms with Crippen LogP contribution in [0.1, 0.15) is 22.3 Å². The van der Waals surface area contributed by atoms with E-state index < -0.39 is 0 Å². The van der Waals surface area contributed by atoms with Gasteiger partial charge in [-0.3, -0.25) is 4.98 Å². The lowest BCUT2D eigenvalue weighted by Gasteiger charge is -2.07. The third-order valence-electron chi connectivity index (χ3n) is 5.35. The topological polar surface area (TPSA) is 62.7 Å². The number of nitrogens with zero attached hydrogens (tertiary/aromatic N) is 2. The first kappa shape index (κ1) is 21.4. The van der Waals surface area contributed by atoms with Crippen molar-refractivity contribution in [1.29, 1.82) is 0 Å². The molecule has 33 heavy (non-hydrogen) atoms. The van der Waals surface area contributed by atoms with Gasteiger partial charge in [-0.15, -0.1) is 22.7 Å². The molecular formula is C24H19ClN2O4S2. The number of hydrogen-bond donors (Lipinski definition) is 0. The molecule has 2 fully saturated rings. The van der Waals surface area contributed by atoms with Crippen LogP contribution in [-0.4, -0.2) is 36.4 Å². The Morgan fingerprint density at radius 2 is 1.27 bits per heavy atom. The largest absolute Gasteiger partial charge is 0.345 e. The maximum atomic E-state index is 6.41. The number of pyridine rings is 2. The molecule has 6 heterocycles. The van der Waals surface area contributed by atoms with Crippen LogP contribution in [0, 0.1) is 0 Å². The van der Waals surface area contributed by atoms with Crippen molar-refractivity contribution in [3.63, 3.8) is 0 Å². The van der Waals surface area contributed by atoms with Gasteiger partial charge < -0.3 is 18.9 Å². The summed E-state index contributed by atoms with van der Waals surface area (Å²) in [4.78, 5) is 13.4. The Kier molecular flexibility index (Phi) is 5.98. The molecular weight excluding hydrogens is 480 g/mol. The number of hydrogen-bond acceptors (Lipinski definition) is 8. The normalized spacial score (nSPS) is 17.2. The molecule has 0 spiro atoms. The Bertz CT molecular complexity index is 1280. The maximum Gasteiger partial charge on any atom is 0.193 e. The quantitative estimate of drug-likeness (QED) is 0.299. The highest BCUT2D eigenvalue weighted by atomic mass is 35.5. The highest BCUT2D eigenvalue weighted by Gasteiger charge is 2.22. The fourth-order valence-corrected chi connectivity index (χ4v) is 6.01.